The third-order valence-electron chi connectivity index (χ3n) is 4.35. The number of hydrogen-bond acceptors (Lipinski definition) is 3. The van der Waals surface area contributed by atoms with Gasteiger partial charge in [0.1, 0.15) is 11.3 Å². The van der Waals surface area contributed by atoms with Crippen molar-refractivity contribution >= 4 is 11.9 Å². The molecule has 0 heterocycles. The van der Waals surface area contributed by atoms with Crippen LogP contribution in [0.1, 0.15) is 27.9 Å². The molecule has 3 N–H and O–H groups in total. The summed E-state index contributed by atoms with van der Waals surface area (Å²) in [6.45, 7) is 0. The highest BCUT2D eigenvalue weighted by Crippen LogP contribution is 2.34. The molecule has 5 nitrogen and oxygen atoms in total. The summed E-state index contributed by atoms with van der Waals surface area (Å²) in [6, 6.07) is 13.7. The fourth-order valence-corrected chi connectivity index (χ4v) is 3.02. The summed E-state index contributed by atoms with van der Waals surface area (Å²) in [5.74, 6) is -1.44. The lowest BCUT2D eigenvalue weighted by molar-refractivity contribution is -0.145. The van der Waals surface area contributed by atoms with Crippen LogP contribution in [0.3, 0.4) is 0 Å². The first-order chi connectivity index (χ1) is 11.0. The van der Waals surface area contributed by atoms with Crippen LogP contribution >= 0.6 is 0 Å². The molecule has 118 valence electrons. The lowest BCUT2D eigenvalue weighted by atomic mass is 9.77. The number of rotatable bonds is 3. The van der Waals surface area contributed by atoms with E-state index in [0.29, 0.717) is 17.5 Å². The van der Waals surface area contributed by atoms with Crippen molar-refractivity contribution in [3.05, 3.63) is 65.2 Å². The van der Waals surface area contributed by atoms with Crippen LogP contribution in [0, 0.1) is 0 Å². The molecule has 0 aliphatic heterocycles. The van der Waals surface area contributed by atoms with E-state index in [9.17, 15) is 19.8 Å². The molecule has 0 spiro atoms. The monoisotopic (exact) mass is 311 g/mol. The van der Waals surface area contributed by atoms with E-state index in [2.05, 4.69) is 5.32 Å². The smallest absolute Gasteiger partial charge is 0.329 e. The maximum atomic E-state index is 12.4. The van der Waals surface area contributed by atoms with E-state index in [1.54, 1.807) is 36.4 Å². The SMILES string of the molecule is O=C(N[C@]1(C(=O)O)CCc2cccc(O)c2C1)c1ccccc1. The van der Waals surface area contributed by atoms with Gasteiger partial charge in [0.2, 0.25) is 0 Å². The molecule has 1 atom stereocenters. The van der Waals surface area contributed by atoms with Crippen molar-refractivity contribution in [1.29, 1.82) is 0 Å². The second-order valence-corrected chi connectivity index (χ2v) is 5.80. The van der Waals surface area contributed by atoms with Gasteiger partial charge in [0.25, 0.3) is 5.91 Å². The molecule has 23 heavy (non-hydrogen) atoms. The van der Waals surface area contributed by atoms with Crippen LogP contribution in [-0.2, 0) is 17.6 Å². The molecule has 0 bridgehead atoms. The number of carbonyl (C=O) groups is 2. The number of benzene rings is 2. The number of aromatic hydroxyl groups is 1. The Kier molecular flexibility index (Phi) is 3.78. The van der Waals surface area contributed by atoms with Gasteiger partial charge in [0.15, 0.2) is 0 Å². The minimum absolute atomic E-state index is 0.0711. The molecular weight excluding hydrogens is 294 g/mol. The number of hydrogen-bond donors (Lipinski definition) is 3. The zero-order chi connectivity index (χ0) is 16.4. The summed E-state index contributed by atoms with van der Waals surface area (Å²) in [7, 11) is 0. The van der Waals surface area contributed by atoms with Gasteiger partial charge < -0.3 is 15.5 Å². The topological polar surface area (TPSA) is 86.6 Å². The maximum absolute atomic E-state index is 12.4. The molecule has 0 saturated carbocycles. The highest BCUT2D eigenvalue weighted by Gasteiger charge is 2.43. The van der Waals surface area contributed by atoms with Gasteiger partial charge >= 0.3 is 5.97 Å². The number of carboxylic acids is 1. The molecule has 2 aromatic rings. The Morgan fingerprint density at radius 1 is 1.04 bits per heavy atom. The van der Waals surface area contributed by atoms with E-state index in [1.165, 1.54) is 6.07 Å². The van der Waals surface area contributed by atoms with Gasteiger partial charge in [0.05, 0.1) is 0 Å². The Balaban J connectivity index is 1.92. The number of fused-ring (bicyclic) bond motifs is 1. The zero-order valence-corrected chi connectivity index (χ0v) is 12.5. The number of aryl methyl sites for hydroxylation is 1. The molecule has 2 aromatic carbocycles. The van der Waals surface area contributed by atoms with Gasteiger partial charge in [-0.25, -0.2) is 4.79 Å². The summed E-state index contributed by atoms with van der Waals surface area (Å²) in [5, 5.41) is 22.4. The van der Waals surface area contributed by atoms with Crippen LogP contribution in [0.2, 0.25) is 0 Å². The Morgan fingerprint density at radius 2 is 1.78 bits per heavy atom. The van der Waals surface area contributed by atoms with Crippen LogP contribution in [0.5, 0.6) is 5.75 Å². The fourth-order valence-electron chi connectivity index (χ4n) is 3.02. The minimum Gasteiger partial charge on any atom is -0.508 e. The molecule has 0 aromatic heterocycles. The predicted octanol–water partition coefficient (Wildman–Crippen LogP) is 2.13. The van der Waals surface area contributed by atoms with E-state index < -0.39 is 17.4 Å². The van der Waals surface area contributed by atoms with Crippen LogP contribution < -0.4 is 5.32 Å². The number of aliphatic carboxylic acids is 1. The molecule has 3 rings (SSSR count). The number of carboxylic acid groups (broad SMARTS) is 1. The number of carbonyl (C=O) groups excluding carboxylic acids is 1. The van der Waals surface area contributed by atoms with Crippen molar-refractivity contribution in [3.8, 4) is 5.75 Å². The van der Waals surface area contributed by atoms with E-state index in [0.717, 1.165) is 5.56 Å². The Morgan fingerprint density at radius 3 is 2.48 bits per heavy atom. The third kappa shape index (κ3) is 2.77. The summed E-state index contributed by atoms with van der Waals surface area (Å²) < 4.78 is 0. The largest absolute Gasteiger partial charge is 0.508 e. The number of phenolic OH excluding ortho intramolecular Hbond substituents is 1. The predicted molar refractivity (Wildman–Crippen MR) is 84.4 cm³/mol. The van der Waals surface area contributed by atoms with Crippen molar-refractivity contribution < 1.29 is 19.8 Å². The molecule has 0 saturated heterocycles. The van der Waals surface area contributed by atoms with E-state index >= 15 is 0 Å². The minimum atomic E-state index is -1.40. The zero-order valence-electron chi connectivity index (χ0n) is 12.5. The van der Waals surface area contributed by atoms with Crippen LogP contribution in [0.4, 0.5) is 0 Å². The average Bonchev–Trinajstić information content (AvgIpc) is 2.56. The van der Waals surface area contributed by atoms with Crippen molar-refractivity contribution in [2.24, 2.45) is 0 Å². The fraction of sp³-hybridized carbons (Fsp3) is 0.222. The van der Waals surface area contributed by atoms with Gasteiger partial charge in [-0.3, -0.25) is 4.79 Å². The normalized spacial score (nSPS) is 19.7. The lowest BCUT2D eigenvalue weighted by Crippen LogP contribution is -2.57. The van der Waals surface area contributed by atoms with Crippen molar-refractivity contribution in [1.82, 2.24) is 5.32 Å². The Hall–Kier alpha value is -2.82. The number of phenols is 1. The first-order valence-corrected chi connectivity index (χ1v) is 7.42. The second-order valence-electron chi connectivity index (χ2n) is 5.80. The Labute approximate surface area is 133 Å². The van der Waals surface area contributed by atoms with Crippen LogP contribution in [-0.4, -0.2) is 27.6 Å². The summed E-state index contributed by atoms with van der Waals surface area (Å²) >= 11 is 0. The molecule has 1 aliphatic carbocycles. The van der Waals surface area contributed by atoms with Gasteiger partial charge in [-0.05, 0) is 42.2 Å². The maximum Gasteiger partial charge on any atom is 0.329 e. The summed E-state index contributed by atoms with van der Waals surface area (Å²) in [4.78, 5) is 24.3. The van der Waals surface area contributed by atoms with Crippen LogP contribution in [0.15, 0.2) is 48.5 Å². The van der Waals surface area contributed by atoms with Crippen molar-refractivity contribution in [2.75, 3.05) is 0 Å². The second kappa shape index (κ2) is 5.76. The number of amides is 1. The van der Waals surface area contributed by atoms with Gasteiger partial charge in [-0.15, -0.1) is 0 Å². The van der Waals surface area contributed by atoms with E-state index in [1.807, 2.05) is 6.07 Å². The average molecular weight is 311 g/mol. The molecule has 5 heteroatoms. The van der Waals surface area contributed by atoms with Gasteiger partial charge in [-0.2, -0.15) is 0 Å². The highest BCUT2D eigenvalue weighted by atomic mass is 16.4. The quantitative estimate of drug-likeness (QED) is 0.810. The highest BCUT2D eigenvalue weighted by molar-refractivity contribution is 5.98. The molecule has 0 radical (unpaired) electrons. The molecule has 0 unspecified atom stereocenters. The van der Waals surface area contributed by atoms with Crippen molar-refractivity contribution in [3.63, 3.8) is 0 Å². The van der Waals surface area contributed by atoms with Gasteiger partial charge in [0, 0.05) is 12.0 Å². The summed E-state index contributed by atoms with van der Waals surface area (Å²) in [5.41, 5.74) is 0.528. The first kappa shape index (κ1) is 15.1. The molecular formula is C18H17NO4. The molecule has 1 aliphatic rings. The van der Waals surface area contributed by atoms with E-state index in [4.69, 9.17) is 0 Å². The Bertz CT molecular complexity index is 757. The third-order valence-corrected chi connectivity index (χ3v) is 4.35. The number of nitrogens with one attached hydrogen (secondary N) is 1. The molecule has 1 amide bonds. The standard InChI is InChI=1S/C18H17NO4/c20-15-8-4-7-12-9-10-18(17(22)23,11-14(12)15)19-16(21)13-5-2-1-3-6-13/h1-8,20H,9-11H2,(H,19,21)(H,22,23)/t18-/m1/s1. The molecule has 0 fully saturated rings. The van der Waals surface area contributed by atoms with Crippen LogP contribution in [0.25, 0.3) is 0 Å². The van der Waals surface area contributed by atoms with Gasteiger partial charge in [-0.1, -0.05) is 30.3 Å². The first-order valence-electron chi connectivity index (χ1n) is 7.42. The van der Waals surface area contributed by atoms with Crippen molar-refractivity contribution in [2.45, 2.75) is 24.8 Å². The summed E-state index contributed by atoms with van der Waals surface area (Å²) in [6.07, 6.45) is 0.853. The lowest BCUT2D eigenvalue weighted by Gasteiger charge is -2.35. The van der Waals surface area contributed by atoms with E-state index in [-0.39, 0.29) is 18.6 Å².